The molecule has 2 N–H and O–H groups in total. The first-order valence-electron chi connectivity index (χ1n) is 5.73. The van der Waals surface area contributed by atoms with E-state index in [1.54, 1.807) is 0 Å². The average Bonchev–Trinajstić information content (AvgIpc) is 2.78. The van der Waals surface area contributed by atoms with Crippen LogP contribution >= 0.6 is 0 Å². The van der Waals surface area contributed by atoms with E-state index in [1.807, 2.05) is 26.0 Å². The van der Waals surface area contributed by atoms with Crippen LogP contribution in [0.1, 0.15) is 32.2 Å². The molecule has 1 aromatic heterocycles. The van der Waals surface area contributed by atoms with Crippen molar-refractivity contribution in [3.8, 4) is 11.4 Å². The zero-order valence-electron chi connectivity index (χ0n) is 10.4. The summed E-state index contributed by atoms with van der Waals surface area (Å²) >= 11 is 0. The summed E-state index contributed by atoms with van der Waals surface area (Å²) in [5.74, 6) is 1.04. The van der Waals surface area contributed by atoms with Gasteiger partial charge in [0.25, 0.3) is 0 Å². The van der Waals surface area contributed by atoms with Crippen LogP contribution < -0.4 is 5.73 Å². The number of nitrogens with zero attached hydrogens (tertiary/aromatic N) is 2. The highest BCUT2D eigenvalue weighted by Gasteiger charge is 2.22. The summed E-state index contributed by atoms with van der Waals surface area (Å²) in [6.45, 7) is 5.80. The molecule has 0 fully saturated rings. The van der Waals surface area contributed by atoms with Gasteiger partial charge in [0.1, 0.15) is 0 Å². The van der Waals surface area contributed by atoms with E-state index in [1.165, 1.54) is 5.56 Å². The minimum atomic E-state index is -0.603. The van der Waals surface area contributed by atoms with E-state index >= 15 is 0 Å². The first-order chi connectivity index (χ1) is 8.00. The summed E-state index contributed by atoms with van der Waals surface area (Å²) in [4.78, 5) is 4.30. The Hall–Kier alpha value is -1.68. The van der Waals surface area contributed by atoms with Crippen molar-refractivity contribution in [1.82, 2.24) is 10.1 Å². The highest BCUT2D eigenvalue weighted by molar-refractivity contribution is 5.54. The number of nitrogens with two attached hydrogens (primary N) is 1. The van der Waals surface area contributed by atoms with Gasteiger partial charge in [-0.3, -0.25) is 0 Å². The molecule has 0 radical (unpaired) electrons. The maximum Gasteiger partial charge on any atom is 0.246 e. The number of aromatic nitrogens is 2. The van der Waals surface area contributed by atoms with Crippen molar-refractivity contribution in [2.75, 3.05) is 0 Å². The molecule has 4 heteroatoms. The molecular weight excluding hydrogens is 214 g/mol. The highest BCUT2D eigenvalue weighted by Crippen LogP contribution is 2.20. The van der Waals surface area contributed by atoms with Crippen LogP contribution in [-0.4, -0.2) is 10.1 Å². The van der Waals surface area contributed by atoms with Crippen molar-refractivity contribution in [2.45, 2.75) is 32.7 Å². The quantitative estimate of drug-likeness (QED) is 0.881. The number of hydrogen-bond donors (Lipinski definition) is 1. The molecule has 2 rings (SSSR count). The van der Waals surface area contributed by atoms with Gasteiger partial charge in [-0.1, -0.05) is 36.3 Å². The lowest BCUT2D eigenvalue weighted by molar-refractivity contribution is 0.312. The molecule has 0 spiro atoms. The minimum Gasteiger partial charge on any atom is -0.337 e. The molecule has 0 amide bonds. The normalized spacial score (nSPS) is 11.8. The Bertz CT molecular complexity index is 494. The third kappa shape index (κ3) is 2.53. The third-order valence-corrected chi connectivity index (χ3v) is 2.60. The van der Waals surface area contributed by atoms with Gasteiger partial charge < -0.3 is 10.3 Å². The Kier molecular flexibility index (Phi) is 2.98. The zero-order valence-corrected chi connectivity index (χ0v) is 10.4. The summed E-state index contributed by atoms with van der Waals surface area (Å²) in [6.07, 6.45) is 1.02. The summed E-state index contributed by atoms with van der Waals surface area (Å²) in [5.41, 5.74) is 7.53. The molecule has 0 unspecified atom stereocenters. The van der Waals surface area contributed by atoms with Crippen LogP contribution in [0.2, 0.25) is 0 Å². The minimum absolute atomic E-state index is 0.451. The Morgan fingerprint density at radius 2 is 1.88 bits per heavy atom. The molecule has 0 aliphatic carbocycles. The number of hydrogen-bond acceptors (Lipinski definition) is 4. The maximum atomic E-state index is 5.90. The second-order valence-corrected chi connectivity index (χ2v) is 4.70. The Labute approximate surface area is 101 Å². The van der Waals surface area contributed by atoms with E-state index in [2.05, 4.69) is 29.2 Å². The first-order valence-corrected chi connectivity index (χ1v) is 5.73. The smallest absolute Gasteiger partial charge is 0.246 e. The van der Waals surface area contributed by atoms with Crippen LogP contribution in [0.25, 0.3) is 11.4 Å². The van der Waals surface area contributed by atoms with Crippen LogP contribution in [0.4, 0.5) is 0 Å². The molecule has 17 heavy (non-hydrogen) atoms. The van der Waals surface area contributed by atoms with E-state index in [4.69, 9.17) is 10.3 Å². The van der Waals surface area contributed by atoms with E-state index < -0.39 is 5.54 Å². The summed E-state index contributed by atoms with van der Waals surface area (Å²) in [7, 11) is 0. The second kappa shape index (κ2) is 4.30. The molecule has 0 bridgehead atoms. The maximum absolute atomic E-state index is 5.90. The fraction of sp³-hybridized carbons (Fsp3) is 0.385. The predicted octanol–water partition coefficient (Wildman–Crippen LogP) is 2.49. The summed E-state index contributed by atoms with van der Waals surface area (Å²) < 4.78 is 5.15. The number of aryl methyl sites for hydroxylation is 1. The standard InChI is InChI=1S/C13H17N3O/c1-4-9-5-7-10(8-6-9)11-15-12(17-16-11)13(2,3)14/h5-8H,4,14H2,1-3H3. The third-order valence-electron chi connectivity index (χ3n) is 2.60. The largest absolute Gasteiger partial charge is 0.337 e. The monoisotopic (exact) mass is 231 g/mol. The van der Waals surface area contributed by atoms with Crippen molar-refractivity contribution < 1.29 is 4.52 Å². The van der Waals surface area contributed by atoms with E-state index in [-0.39, 0.29) is 0 Å². The molecule has 0 aliphatic rings. The molecule has 0 aliphatic heterocycles. The lowest BCUT2D eigenvalue weighted by atomic mass is 10.1. The van der Waals surface area contributed by atoms with E-state index in [0.717, 1.165) is 12.0 Å². The van der Waals surface area contributed by atoms with Crippen molar-refractivity contribution in [3.63, 3.8) is 0 Å². The molecular formula is C13H17N3O. The van der Waals surface area contributed by atoms with Crippen molar-refractivity contribution in [3.05, 3.63) is 35.7 Å². The van der Waals surface area contributed by atoms with Crippen LogP contribution in [0, 0.1) is 0 Å². The number of rotatable bonds is 3. The van der Waals surface area contributed by atoms with Gasteiger partial charge in [0.2, 0.25) is 11.7 Å². The lowest BCUT2D eigenvalue weighted by Crippen LogP contribution is -2.28. The van der Waals surface area contributed by atoms with Gasteiger partial charge in [0, 0.05) is 5.56 Å². The van der Waals surface area contributed by atoms with Gasteiger partial charge >= 0.3 is 0 Å². The van der Waals surface area contributed by atoms with E-state index in [9.17, 15) is 0 Å². The fourth-order valence-corrected chi connectivity index (χ4v) is 1.49. The zero-order chi connectivity index (χ0) is 12.5. The molecule has 4 nitrogen and oxygen atoms in total. The van der Waals surface area contributed by atoms with Crippen molar-refractivity contribution in [2.24, 2.45) is 5.73 Å². The number of benzene rings is 1. The molecule has 1 aromatic carbocycles. The van der Waals surface area contributed by atoms with Gasteiger partial charge in [-0.05, 0) is 25.8 Å². The Balaban J connectivity index is 2.30. The molecule has 1 heterocycles. The van der Waals surface area contributed by atoms with Crippen LogP contribution in [0.15, 0.2) is 28.8 Å². The molecule has 2 aromatic rings. The first kappa shape index (κ1) is 11.8. The summed E-state index contributed by atoms with van der Waals surface area (Å²) in [5, 5.41) is 3.94. The molecule has 0 saturated carbocycles. The topological polar surface area (TPSA) is 64.9 Å². The SMILES string of the molecule is CCc1ccc(-c2noc(C(C)(C)N)n2)cc1. The lowest BCUT2D eigenvalue weighted by Gasteiger charge is -2.10. The predicted molar refractivity (Wildman–Crippen MR) is 66.3 cm³/mol. The summed E-state index contributed by atoms with van der Waals surface area (Å²) in [6, 6.07) is 8.13. The van der Waals surface area contributed by atoms with Gasteiger partial charge in [0.05, 0.1) is 5.54 Å². The van der Waals surface area contributed by atoms with Crippen LogP contribution in [0.5, 0.6) is 0 Å². The van der Waals surface area contributed by atoms with Crippen LogP contribution in [-0.2, 0) is 12.0 Å². The van der Waals surface area contributed by atoms with Gasteiger partial charge in [0.15, 0.2) is 0 Å². The van der Waals surface area contributed by atoms with Gasteiger partial charge in [-0.15, -0.1) is 0 Å². The van der Waals surface area contributed by atoms with Gasteiger partial charge in [-0.25, -0.2) is 0 Å². The Morgan fingerprint density at radius 1 is 1.24 bits per heavy atom. The van der Waals surface area contributed by atoms with Gasteiger partial charge in [-0.2, -0.15) is 4.98 Å². The second-order valence-electron chi connectivity index (χ2n) is 4.70. The molecule has 90 valence electrons. The molecule has 0 atom stereocenters. The van der Waals surface area contributed by atoms with Crippen molar-refractivity contribution >= 4 is 0 Å². The Morgan fingerprint density at radius 3 is 2.35 bits per heavy atom. The van der Waals surface area contributed by atoms with E-state index in [0.29, 0.717) is 11.7 Å². The fourth-order valence-electron chi connectivity index (χ4n) is 1.49. The highest BCUT2D eigenvalue weighted by atomic mass is 16.5. The average molecular weight is 231 g/mol. The van der Waals surface area contributed by atoms with Crippen LogP contribution in [0.3, 0.4) is 0 Å². The van der Waals surface area contributed by atoms with Crippen molar-refractivity contribution in [1.29, 1.82) is 0 Å². The molecule has 0 saturated heterocycles.